The van der Waals surface area contributed by atoms with Gasteiger partial charge in [0.1, 0.15) is 5.78 Å². The Balaban J connectivity index is 1.82. The molecular weight excluding hydrogens is 176 g/mol. The van der Waals surface area contributed by atoms with Crippen molar-refractivity contribution in [2.75, 3.05) is 0 Å². The molecule has 1 fully saturated rings. The molecule has 0 radical (unpaired) electrons. The molecule has 0 bridgehead atoms. The summed E-state index contributed by atoms with van der Waals surface area (Å²) < 4.78 is 1.84. The normalized spacial score (nSPS) is 16.6. The molecule has 0 amide bonds. The molecule has 0 N–H and O–H groups in total. The summed E-state index contributed by atoms with van der Waals surface area (Å²) in [4.78, 5) is 11.6. The third-order valence-corrected chi connectivity index (χ3v) is 3.11. The first kappa shape index (κ1) is 9.44. The highest BCUT2D eigenvalue weighted by Gasteiger charge is 2.24. The summed E-state index contributed by atoms with van der Waals surface area (Å²) in [7, 11) is 1.92. The van der Waals surface area contributed by atoms with Crippen LogP contribution in [-0.4, -0.2) is 15.6 Å². The second-order valence-electron chi connectivity index (χ2n) is 4.04. The van der Waals surface area contributed by atoms with Gasteiger partial charge in [-0.25, -0.2) is 0 Å². The summed E-state index contributed by atoms with van der Waals surface area (Å²) in [6.45, 7) is 0. The number of ketones is 1. The highest BCUT2D eigenvalue weighted by molar-refractivity contribution is 5.81. The molecule has 0 aliphatic heterocycles. The minimum absolute atomic E-state index is 0.378. The lowest BCUT2D eigenvalue weighted by molar-refractivity contribution is -0.125. The zero-order valence-corrected chi connectivity index (χ0v) is 8.57. The van der Waals surface area contributed by atoms with E-state index in [1.54, 1.807) is 6.20 Å². The van der Waals surface area contributed by atoms with Crippen LogP contribution >= 0.6 is 0 Å². The van der Waals surface area contributed by atoms with Crippen molar-refractivity contribution in [3.8, 4) is 0 Å². The van der Waals surface area contributed by atoms with E-state index in [1.807, 2.05) is 17.8 Å². The van der Waals surface area contributed by atoms with E-state index in [1.165, 1.54) is 6.42 Å². The second-order valence-corrected chi connectivity index (χ2v) is 4.04. The van der Waals surface area contributed by atoms with Crippen LogP contribution in [0, 0.1) is 5.92 Å². The Labute approximate surface area is 84.1 Å². The first-order valence-corrected chi connectivity index (χ1v) is 5.27. The Morgan fingerprint density at radius 3 is 2.93 bits per heavy atom. The van der Waals surface area contributed by atoms with Crippen LogP contribution in [0.4, 0.5) is 0 Å². The standard InChI is InChI=1S/C11H16N2O/c1-13-10(7-8-12-13)5-6-11(14)9-3-2-4-9/h7-9H,2-6H2,1H3. The van der Waals surface area contributed by atoms with E-state index < -0.39 is 0 Å². The number of carbonyl (C=O) groups excluding carboxylic acids is 1. The zero-order chi connectivity index (χ0) is 9.97. The van der Waals surface area contributed by atoms with Gasteiger partial charge in [0.25, 0.3) is 0 Å². The number of aromatic nitrogens is 2. The van der Waals surface area contributed by atoms with Crippen molar-refractivity contribution in [2.24, 2.45) is 13.0 Å². The van der Waals surface area contributed by atoms with E-state index in [0.717, 1.165) is 25.0 Å². The molecule has 0 unspecified atom stereocenters. The van der Waals surface area contributed by atoms with Gasteiger partial charge in [-0.2, -0.15) is 5.10 Å². The molecule has 1 aromatic heterocycles. The maximum Gasteiger partial charge on any atom is 0.136 e. The molecule has 1 heterocycles. The number of nitrogens with zero attached hydrogens (tertiary/aromatic N) is 2. The number of rotatable bonds is 4. The molecule has 14 heavy (non-hydrogen) atoms. The van der Waals surface area contributed by atoms with E-state index in [4.69, 9.17) is 0 Å². The van der Waals surface area contributed by atoms with Gasteiger partial charge in [-0.15, -0.1) is 0 Å². The predicted octanol–water partition coefficient (Wildman–Crippen LogP) is 1.72. The molecular formula is C11H16N2O. The van der Waals surface area contributed by atoms with Crippen molar-refractivity contribution in [3.63, 3.8) is 0 Å². The van der Waals surface area contributed by atoms with E-state index >= 15 is 0 Å². The average molecular weight is 192 g/mol. The van der Waals surface area contributed by atoms with E-state index in [9.17, 15) is 4.79 Å². The Bertz CT molecular complexity index is 326. The van der Waals surface area contributed by atoms with E-state index in [-0.39, 0.29) is 0 Å². The lowest BCUT2D eigenvalue weighted by Crippen LogP contribution is -2.22. The minimum Gasteiger partial charge on any atom is -0.299 e. The number of hydrogen-bond donors (Lipinski definition) is 0. The van der Waals surface area contributed by atoms with Crippen LogP contribution in [0.25, 0.3) is 0 Å². The summed E-state index contributed by atoms with van der Waals surface area (Å²) in [5.74, 6) is 0.820. The lowest BCUT2D eigenvalue weighted by Gasteiger charge is -2.23. The van der Waals surface area contributed by atoms with Crippen LogP contribution < -0.4 is 0 Å². The fourth-order valence-corrected chi connectivity index (χ4v) is 1.83. The van der Waals surface area contributed by atoms with Crippen molar-refractivity contribution in [1.29, 1.82) is 0 Å². The molecule has 1 saturated carbocycles. The van der Waals surface area contributed by atoms with Crippen molar-refractivity contribution in [1.82, 2.24) is 9.78 Å². The highest BCUT2D eigenvalue weighted by atomic mass is 16.1. The molecule has 0 spiro atoms. The Hall–Kier alpha value is -1.12. The Kier molecular flexibility index (Phi) is 2.66. The van der Waals surface area contributed by atoms with Crippen molar-refractivity contribution in [2.45, 2.75) is 32.1 Å². The lowest BCUT2D eigenvalue weighted by atomic mass is 9.81. The van der Waals surface area contributed by atoms with Crippen LogP contribution in [0.3, 0.4) is 0 Å². The number of aryl methyl sites for hydroxylation is 2. The fourth-order valence-electron chi connectivity index (χ4n) is 1.83. The Morgan fingerprint density at radius 2 is 2.43 bits per heavy atom. The van der Waals surface area contributed by atoms with E-state index in [0.29, 0.717) is 18.1 Å². The molecule has 1 aromatic rings. The maximum absolute atomic E-state index is 11.6. The molecule has 0 atom stereocenters. The third-order valence-electron chi connectivity index (χ3n) is 3.11. The van der Waals surface area contributed by atoms with Gasteiger partial charge in [0.15, 0.2) is 0 Å². The zero-order valence-electron chi connectivity index (χ0n) is 8.57. The molecule has 0 saturated heterocycles. The third kappa shape index (κ3) is 1.86. The molecule has 1 aliphatic carbocycles. The maximum atomic E-state index is 11.6. The quantitative estimate of drug-likeness (QED) is 0.728. The van der Waals surface area contributed by atoms with Gasteiger partial charge in [-0.05, 0) is 25.3 Å². The second kappa shape index (κ2) is 3.95. The first-order valence-electron chi connectivity index (χ1n) is 5.27. The van der Waals surface area contributed by atoms with Crippen molar-refractivity contribution in [3.05, 3.63) is 18.0 Å². The molecule has 0 aromatic carbocycles. The number of hydrogen-bond acceptors (Lipinski definition) is 2. The van der Waals surface area contributed by atoms with Gasteiger partial charge in [0.05, 0.1) is 0 Å². The van der Waals surface area contributed by atoms with Crippen LogP contribution in [0.2, 0.25) is 0 Å². The highest BCUT2D eigenvalue weighted by Crippen LogP contribution is 2.28. The predicted molar refractivity (Wildman–Crippen MR) is 53.9 cm³/mol. The van der Waals surface area contributed by atoms with E-state index in [2.05, 4.69) is 5.10 Å². The summed E-state index contributed by atoms with van der Waals surface area (Å²) in [6, 6.07) is 1.98. The molecule has 3 nitrogen and oxygen atoms in total. The molecule has 2 rings (SSSR count). The van der Waals surface area contributed by atoms with Gasteiger partial charge in [-0.1, -0.05) is 6.42 Å². The van der Waals surface area contributed by atoms with Crippen LogP contribution in [-0.2, 0) is 18.3 Å². The summed E-state index contributed by atoms with van der Waals surface area (Å²) in [5, 5.41) is 4.08. The topological polar surface area (TPSA) is 34.9 Å². The average Bonchev–Trinajstić information content (AvgIpc) is 2.44. The number of Topliss-reactive ketones (excluding diaryl/α,β-unsaturated/α-hetero) is 1. The largest absolute Gasteiger partial charge is 0.299 e. The Morgan fingerprint density at radius 1 is 1.64 bits per heavy atom. The van der Waals surface area contributed by atoms with Crippen molar-refractivity contribution < 1.29 is 4.79 Å². The van der Waals surface area contributed by atoms with Gasteiger partial charge in [0, 0.05) is 31.3 Å². The molecule has 3 heteroatoms. The first-order chi connectivity index (χ1) is 6.77. The van der Waals surface area contributed by atoms with Crippen molar-refractivity contribution >= 4 is 5.78 Å². The van der Waals surface area contributed by atoms with Gasteiger partial charge in [-0.3, -0.25) is 9.48 Å². The molecule has 1 aliphatic rings. The fraction of sp³-hybridized carbons (Fsp3) is 0.636. The van der Waals surface area contributed by atoms with Gasteiger partial charge in [0.2, 0.25) is 0 Å². The van der Waals surface area contributed by atoms with Crippen LogP contribution in [0.1, 0.15) is 31.4 Å². The van der Waals surface area contributed by atoms with Gasteiger partial charge >= 0.3 is 0 Å². The van der Waals surface area contributed by atoms with Crippen LogP contribution in [0.5, 0.6) is 0 Å². The summed E-state index contributed by atoms with van der Waals surface area (Å²) >= 11 is 0. The SMILES string of the molecule is Cn1nccc1CCC(=O)C1CCC1. The smallest absolute Gasteiger partial charge is 0.136 e. The van der Waals surface area contributed by atoms with Gasteiger partial charge < -0.3 is 0 Å². The summed E-state index contributed by atoms with van der Waals surface area (Å²) in [6.07, 6.45) is 6.77. The molecule has 76 valence electrons. The monoisotopic (exact) mass is 192 g/mol. The number of carbonyl (C=O) groups is 1. The van der Waals surface area contributed by atoms with Crippen LogP contribution in [0.15, 0.2) is 12.3 Å². The summed E-state index contributed by atoms with van der Waals surface area (Å²) in [5.41, 5.74) is 1.15. The minimum atomic E-state index is 0.378.